The molecule has 0 aromatic heterocycles. The van der Waals surface area contributed by atoms with E-state index in [-0.39, 0.29) is 18.1 Å². The van der Waals surface area contributed by atoms with Gasteiger partial charge in [0.25, 0.3) is 0 Å². The van der Waals surface area contributed by atoms with Gasteiger partial charge in [-0.1, -0.05) is 30.3 Å². The molecule has 2 atom stereocenters. The van der Waals surface area contributed by atoms with Crippen LogP contribution in [0.4, 0.5) is 0 Å². The molecule has 0 unspecified atom stereocenters. The van der Waals surface area contributed by atoms with E-state index in [9.17, 15) is 4.79 Å². The van der Waals surface area contributed by atoms with E-state index < -0.39 is 0 Å². The molecule has 0 radical (unpaired) electrons. The topological polar surface area (TPSA) is 38.3 Å². The second-order valence-electron chi connectivity index (χ2n) is 3.42. The normalized spacial score (nSPS) is 27.1. The minimum atomic E-state index is -0.353. The molecular weight excluding hydrogens is 178 g/mol. The van der Waals surface area contributed by atoms with E-state index in [0.717, 1.165) is 5.56 Å². The monoisotopic (exact) mass is 191 g/mol. The Labute approximate surface area is 83.1 Å². The lowest BCUT2D eigenvalue weighted by Crippen LogP contribution is -2.44. The van der Waals surface area contributed by atoms with Crippen molar-refractivity contribution in [2.24, 2.45) is 0 Å². The lowest BCUT2D eigenvalue weighted by molar-refractivity contribution is -0.142. The van der Waals surface area contributed by atoms with Crippen LogP contribution >= 0.6 is 0 Å². The first-order valence-electron chi connectivity index (χ1n) is 4.75. The number of carbonyl (C=O) groups excluding carboxylic acids is 1. The van der Waals surface area contributed by atoms with Crippen LogP contribution in [0.5, 0.6) is 0 Å². The summed E-state index contributed by atoms with van der Waals surface area (Å²) in [5.41, 5.74) is 1.11. The number of rotatable bonds is 1. The maximum absolute atomic E-state index is 11.1. The second kappa shape index (κ2) is 3.80. The molecule has 0 aliphatic carbocycles. The fourth-order valence-electron chi connectivity index (χ4n) is 1.56. The summed E-state index contributed by atoms with van der Waals surface area (Å²) in [5, 5.41) is 2.82. The molecule has 3 nitrogen and oxygen atoms in total. The van der Waals surface area contributed by atoms with Crippen LogP contribution < -0.4 is 5.32 Å². The molecule has 74 valence electrons. The quantitative estimate of drug-likeness (QED) is 0.725. The summed E-state index contributed by atoms with van der Waals surface area (Å²) >= 11 is 0. The van der Waals surface area contributed by atoms with Crippen molar-refractivity contribution in [1.82, 2.24) is 5.32 Å². The standard InChI is InChI=1S/C11H13NO2/c1-8-11(13)12-7-10(14-8)9-5-3-2-4-6-9/h2-6,8,10H,7H2,1H3,(H,12,13)/t8-,10-/m1/s1. The van der Waals surface area contributed by atoms with Gasteiger partial charge < -0.3 is 10.1 Å². The zero-order chi connectivity index (χ0) is 9.97. The summed E-state index contributed by atoms with van der Waals surface area (Å²) in [6.07, 6.45) is -0.363. The van der Waals surface area contributed by atoms with Gasteiger partial charge in [0.05, 0.1) is 0 Å². The molecule has 1 aliphatic rings. The van der Waals surface area contributed by atoms with Gasteiger partial charge in [-0.3, -0.25) is 4.79 Å². The van der Waals surface area contributed by atoms with Gasteiger partial charge in [-0.2, -0.15) is 0 Å². The number of benzene rings is 1. The van der Waals surface area contributed by atoms with Crippen molar-refractivity contribution in [3.63, 3.8) is 0 Å². The SMILES string of the molecule is C[C@H]1O[C@@H](c2ccccc2)CNC1=O. The Kier molecular flexibility index (Phi) is 2.50. The Balaban J connectivity index is 2.11. The highest BCUT2D eigenvalue weighted by Gasteiger charge is 2.25. The number of carbonyl (C=O) groups is 1. The number of ether oxygens (including phenoxy) is 1. The van der Waals surface area contributed by atoms with E-state index in [2.05, 4.69) is 5.32 Å². The molecule has 1 aromatic carbocycles. The zero-order valence-corrected chi connectivity index (χ0v) is 8.07. The molecule has 1 saturated heterocycles. The van der Waals surface area contributed by atoms with E-state index in [1.165, 1.54) is 0 Å². The molecule has 1 aliphatic heterocycles. The van der Waals surface area contributed by atoms with E-state index in [0.29, 0.717) is 6.54 Å². The van der Waals surface area contributed by atoms with Gasteiger partial charge in [-0.25, -0.2) is 0 Å². The third kappa shape index (κ3) is 1.77. The third-order valence-electron chi connectivity index (χ3n) is 2.37. The van der Waals surface area contributed by atoms with Gasteiger partial charge in [0.2, 0.25) is 5.91 Å². The van der Waals surface area contributed by atoms with Gasteiger partial charge in [0, 0.05) is 6.54 Å². The highest BCUT2D eigenvalue weighted by Crippen LogP contribution is 2.20. The lowest BCUT2D eigenvalue weighted by Gasteiger charge is -2.28. The number of nitrogens with one attached hydrogen (secondary N) is 1. The summed E-state index contributed by atoms with van der Waals surface area (Å²) in [6, 6.07) is 9.93. The predicted molar refractivity (Wildman–Crippen MR) is 52.7 cm³/mol. The summed E-state index contributed by atoms with van der Waals surface area (Å²) in [7, 11) is 0. The highest BCUT2D eigenvalue weighted by atomic mass is 16.5. The number of morpholine rings is 1. The molecule has 1 fully saturated rings. The van der Waals surface area contributed by atoms with Crippen molar-refractivity contribution in [3.8, 4) is 0 Å². The second-order valence-corrected chi connectivity index (χ2v) is 3.42. The van der Waals surface area contributed by atoms with Crippen molar-refractivity contribution >= 4 is 5.91 Å². The Bertz CT molecular complexity index is 323. The van der Waals surface area contributed by atoms with Gasteiger partial charge in [-0.05, 0) is 12.5 Å². The average Bonchev–Trinajstić information content (AvgIpc) is 2.23. The number of amides is 1. The highest BCUT2D eigenvalue weighted by molar-refractivity contribution is 5.81. The maximum Gasteiger partial charge on any atom is 0.248 e. The fraction of sp³-hybridized carbons (Fsp3) is 0.364. The molecule has 1 amide bonds. The van der Waals surface area contributed by atoms with Crippen molar-refractivity contribution in [3.05, 3.63) is 35.9 Å². The first-order valence-corrected chi connectivity index (χ1v) is 4.75. The molecule has 0 spiro atoms. The first kappa shape index (κ1) is 9.21. The first-order chi connectivity index (χ1) is 6.77. The van der Waals surface area contributed by atoms with Crippen molar-refractivity contribution in [2.45, 2.75) is 19.1 Å². The number of hydrogen-bond donors (Lipinski definition) is 1. The Morgan fingerprint density at radius 2 is 2.07 bits per heavy atom. The minimum Gasteiger partial charge on any atom is -0.359 e. The predicted octanol–water partition coefficient (Wildman–Crippen LogP) is 1.26. The van der Waals surface area contributed by atoms with Crippen LogP contribution in [-0.2, 0) is 9.53 Å². The maximum atomic E-state index is 11.1. The zero-order valence-electron chi connectivity index (χ0n) is 8.07. The van der Waals surface area contributed by atoms with Crippen LogP contribution in [0.2, 0.25) is 0 Å². The Morgan fingerprint density at radius 3 is 2.71 bits per heavy atom. The summed E-state index contributed by atoms with van der Waals surface area (Å²) in [5.74, 6) is -0.0304. The molecule has 0 saturated carbocycles. The van der Waals surface area contributed by atoms with E-state index in [1.807, 2.05) is 30.3 Å². The van der Waals surface area contributed by atoms with Crippen molar-refractivity contribution < 1.29 is 9.53 Å². The fourth-order valence-corrected chi connectivity index (χ4v) is 1.56. The smallest absolute Gasteiger partial charge is 0.248 e. The summed E-state index contributed by atoms with van der Waals surface area (Å²) in [4.78, 5) is 11.1. The largest absolute Gasteiger partial charge is 0.359 e. The van der Waals surface area contributed by atoms with Crippen LogP contribution in [0.1, 0.15) is 18.6 Å². The van der Waals surface area contributed by atoms with E-state index in [1.54, 1.807) is 6.92 Å². The molecule has 1 N–H and O–H groups in total. The lowest BCUT2D eigenvalue weighted by atomic mass is 10.1. The van der Waals surface area contributed by atoms with Crippen molar-refractivity contribution in [2.75, 3.05) is 6.54 Å². The molecule has 1 heterocycles. The summed E-state index contributed by atoms with van der Waals surface area (Å²) in [6.45, 7) is 2.33. The third-order valence-corrected chi connectivity index (χ3v) is 2.37. The molecule has 1 aromatic rings. The van der Waals surface area contributed by atoms with Gasteiger partial charge in [-0.15, -0.1) is 0 Å². The molecular formula is C11H13NO2. The molecule has 0 bridgehead atoms. The Morgan fingerprint density at radius 1 is 1.36 bits per heavy atom. The minimum absolute atomic E-state index is 0.0103. The van der Waals surface area contributed by atoms with Crippen molar-refractivity contribution in [1.29, 1.82) is 0 Å². The van der Waals surface area contributed by atoms with Gasteiger partial charge >= 0.3 is 0 Å². The molecule has 3 heteroatoms. The van der Waals surface area contributed by atoms with Crippen LogP contribution in [-0.4, -0.2) is 18.6 Å². The van der Waals surface area contributed by atoms with Gasteiger partial charge in [0.1, 0.15) is 12.2 Å². The van der Waals surface area contributed by atoms with E-state index >= 15 is 0 Å². The average molecular weight is 191 g/mol. The summed E-state index contributed by atoms with van der Waals surface area (Å²) < 4.78 is 5.57. The molecule has 2 rings (SSSR count). The van der Waals surface area contributed by atoms with Crippen LogP contribution in [0.25, 0.3) is 0 Å². The van der Waals surface area contributed by atoms with Crippen LogP contribution in [0, 0.1) is 0 Å². The van der Waals surface area contributed by atoms with E-state index in [4.69, 9.17) is 4.74 Å². The van der Waals surface area contributed by atoms with Gasteiger partial charge in [0.15, 0.2) is 0 Å². The van der Waals surface area contributed by atoms with Crippen LogP contribution in [0.3, 0.4) is 0 Å². The van der Waals surface area contributed by atoms with Crippen LogP contribution in [0.15, 0.2) is 30.3 Å². The Hall–Kier alpha value is -1.35. The molecule has 14 heavy (non-hydrogen) atoms. The number of hydrogen-bond acceptors (Lipinski definition) is 2.